The number of hydrogen-bond donors (Lipinski definition) is 1. The minimum atomic E-state index is -0.415. The summed E-state index contributed by atoms with van der Waals surface area (Å²) in [6, 6.07) is 7.87. The molecule has 0 saturated heterocycles. The van der Waals surface area contributed by atoms with E-state index >= 15 is 0 Å². The molecule has 0 bridgehead atoms. The number of benzene rings is 1. The normalized spacial score (nSPS) is 12.3. The van der Waals surface area contributed by atoms with Crippen LogP contribution >= 0.6 is 0 Å². The fraction of sp³-hybridized carbons (Fsp3) is 0.462. The molecule has 0 saturated carbocycles. The minimum absolute atomic E-state index is 0.285. The lowest BCUT2D eigenvalue weighted by Gasteiger charge is -2.20. The molecule has 17 heavy (non-hydrogen) atoms. The Morgan fingerprint density at radius 2 is 2.18 bits per heavy atom. The standard InChI is InChI=1S/C13H20N2O2/c1-5-14-13(16)17-12-8-6-7-11(9-12)10(2)15(3)4/h6-10H,5H2,1-4H3,(H,14,16)/t10-/m1/s1. The van der Waals surface area contributed by atoms with Gasteiger partial charge >= 0.3 is 6.09 Å². The van der Waals surface area contributed by atoms with E-state index in [0.29, 0.717) is 12.3 Å². The number of carbonyl (C=O) groups is 1. The van der Waals surface area contributed by atoms with E-state index < -0.39 is 6.09 Å². The molecule has 1 atom stereocenters. The highest BCUT2D eigenvalue weighted by Crippen LogP contribution is 2.21. The van der Waals surface area contributed by atoms with E-state index in [4.69, 9.17) is 4.74 Å². The molecular formula is C13H20N2O2. The van der Waals surface area contributed by atoms with Crippen LogP contribution < -0.4 is 10.1 Å². The summed E-state index contributed by atoms with van der Waals surface area (Å²) in [5, 5.41) is 2.59. The lowest BCUT2D eigenvalue weighted by Crippen LogP contribution is -2.26. The van der Waals surface area contributed by atoms with Crippen LogP contribution in [-0.4, -0.2) is 31.6 Å². The number of carbonyl (C=O) groups excluding carboxylic acids is 1. The van der Waals surface area contributed by atoms with Crippen LogP contribution in [0.5, 0.6) is 5.75 Å². The van der Waals surface area contributed by atoms with E-state index in [9.17, 15) is 4.79 Å². The Bertz CT molecular complexity index is 377. The van der Waals surface area contributed by atoms with Gasteiger partial charge < -0.3 is 15.0 Å². The summed E-state index contributed by atoms with van der Waals surface area (Å²) in [6.45, 7) is 4.52. The molecule has 0 aliphatic rings. The first-order valence-electron chi connectivity index (χ1n) is 5.76. The van der Waals surface area contributed by atoms with Gasteiger partial charge in [0.2, 0.25) is 0 Å². The Hall–Kier alpha value is -1.55. The van der Waals surface area contributed by atoms with Crippen LogP contribution in [0.4, 0.5) is 4.79 Å². The summed E-state index contributed by atoms with van der Waals surface area (Å²) in [6.07, 6.45) is -0.415. The molecular weight excluding hydrogens is 216 g/mol. The van der Waals surface area contributed by atoms with Gasteiger partial charge in [-0.15, -0.1) is 0 Å². The smallest absolute Gasteiger partial charge is 0.410 e. The molecule has 4 heteroatoms. The van der Waals surface area contributed by atoms with Gasteiger partial charge in [-0.3, -0.25) is 0 Å². The van der Waals surface area contributed by atoms with Crippen LogP contribution in [0.2, 0.25) is 0 Å². The Balaban J connectivity index is 2.75. The Morgan fingerprint density at radius 3 is 2.76 bits per heavy atom. The van der Waals surface area contributed by atoms with Gasteiger partial charge in [0.05, 0.1) is 0 Å². The molecule has 0 aromatic heterocycles. The Morgan fingerprint density at radius 1 is 1.47 bits per heavy atom. The second-order valence-electron chi connectivity index (χ2n) is 4.13. The summed E-state index contributed by atoms with van der Waals surface area (Å²) in [4.78, 5) is 13.4. The van der Waals surface area contributed by atoms with Gasteiger partial charge in [-0.25, -0.2) is 4.79 Å². The summed E-state index contributed by atoms with van der Waals surface area (Å²) in [5.74, 6) is 0.571. The molecule has 1 aromatic rings. The number of amides is 1. The molecule has 0 unspecified atom stereocenters. The highest BCUT2D eigenvalue weighted by atomic mass is 16.5. The lowest BCUT2D eigenvalue weighted by atomic mass is 10.1. The number of nitrogens with one attached hydrogen (secondary N) is 1. The maximum Gasteiger partial charge on any atom is 0.412 e. The van der Waals surface area contributed by atoms with E-state index in [2.05, 4.69) is 17.1 Å². The highest BCUT2D eigenvalue weighted by molar-refractivity contribution is 5.70. The predicted molar refractivity (Wildman–Crippen MR) is 68.2 cm³/mol. The van der Waals surface area contributed by atoms with Gasteiger partial charge in [0.1, 0.15) is 5.75 Å². The molecule has 1 rings (SSSR count). The third-order valence-electron chi connectivity index (χ3n) is 2.65. The second kappa shape index (κ2) is 6.25. The number of ether oxygens (including phenoxy) is 1. The summed E-state index contributed by atoms with van der Waals surface area (Å²) < 4.78 is 5.16. The molecule has 0 heterocycles. The monoisotopic (exact) mass is 236 g/mol. The molecule has 0 aliphatic carbocycles. The molecule has 1 aromatic carbocycles. The zero-order valence-corrected chi connectivity index (χ0v) is 10.9. The van der Waals surface area contributed by atoms with Gasteiger partial charge in [-0.05, 0) is 45.6 Å². The van der Waals surface area contributed by atoms with Crippen molar-refractivity contribution < 1.29 is 9.53 Å². The van der Waals surface area contributed by atoms with Gasteiger partial charge in [0, 0.05) is 12.6 Å². The van der Waals surface area contributed by atoms with E-state index in [1.54, 1.807) is 6.07 Å². The van der Waals surface area contributed by atoms with Crippen LogP contribution in [0, 0.1) is 0 Å². The number of hydrogen-bond acceptors (Lipinski definition) is 3. The van der Waals surface area contributed by atoms with Gasteiger partial charge in [-0.2, -0.15) is 0 Å². The zero-order chi connectivity index (χ0) is 12.8. The van der Waals surface area contributed by atoms with Crippen molar-refractivity contribution in [2.45, 2.75) is 19.9 Å². The molecule has 0 fully saturated rings. The summed E-state index contributed by atoms with van der Waals surface area (Å²) in [5.41, 5.74) is 1.12. The Kier molecular flexibility index (Phi) is 4.97. The molecule has 1 amide bonds. The second-order valence-corrected chi connectivity index (χ2v) is 4.13. The fourth-order valence-corrected chi connectivity index (χ4v) is 1.42. The molecule has 0 aliphatic heterocycles. The van der Waals surface area contributed by atoms with E-state index in [0.717, 1.165) is 5.56 Å². The quantitative estimate of drug-likeness (QED) is 0.873. The maximum absolute atomic E-state index is 11.3. The van der Waals surface area contributed by atoms with Gasteiger partial charge in [-0.1, -0.05) is 12.1 Å². The van der Waals surface area contributed by atoms with Gasteiger partial charge in [0.25, 0.3) is 0 Å². The average molecular weight is 236 g/mol. The number of nitrogens with zero attached hydrogens (tertiary/aromatic N) is 1. The van der Waals surface area contributed by atoms with Crippen molar-refractivity contribution in [3.63, 3.8) is 0 Å². The van der Waals surface area contributed by atoms with Crippen LogP contribution in [-0.2, 0) is 0 Å². The van der Waals surface area contributed by atoms with Crippen LogP contribution in [0.1, 0.15) is 25.5 Å². The highest BCUT2D eigenvalue weighted by Gasteiger charge is 2.09. The molecule has 1 N–H and O–H groups in total. The van der Waals surface area contributed by atoms with E-state index in [-0.39, 0.29) is 6.04 Å². The van der Waals surface area contributed by atoms with Gasteiger partial charge in [0.15, 0.2) is 0 Å². The molecule has 4 nitrogen and oxygen atoms in total. The minimum Gasteiger partial charge on any atom is -0.410 e. The van der Waals surface area contributed by atoms with E-state index in [1.165, 1.54) is 0 Å². The lowest BCUT2D eigenvalue weighted by molar-refractivity contribution is 0.201. The van der Waals surface area contributed by atoms with Crippen LogP contribution in [0.3, 0.4) is 0 Å². The first-order valence-corrected chi connectivity index (χ1v) is 5.76. The first-order chi connectivity index (χ1) is 8.04. The SMILES string of the molecule is CCNC(=O)Oc1cccc([C@@H](C)N(C)C)c1. The van der Waals surface area contributed by atoms with Crippen molar-refractivity contribution in [1.29, 1.82) is 0 Å². The van der Waals surface area contributed by atoms with Crippen molar-refractivity contribution in [2.75, 3.05) is 20.6 Å². The average Bonchev–Trinajstić information content (AvgIpc) is 2.28. The molecule has 94 valence electrons. The van der Waals surface area contributed by atoms with Crippen molar-refractivity contribution in [3.8, 4) is 5.75 Å². The molecule has 0 spiro atoms. The summed E-state index contributed by atoms with van der Waals surface area (Å²) in [7, 11) is 4.03. The third-order valence-corrected chi connectivity index (χ3v) is 2.65. The predicted octanol–water partition coefficient (Wildman–Crippen LogP) is 2.42. The molecule has 0 radical (unpaired) electrons. The topological polar surface area (TPSA) is 41.6 Å². The Labute approximate surface area is 103 Å². The van der Waals surface area contributed by atoms with Crippen molar-refractivity contribution in [3.05, 3.63) is 29.8 Å². The van der Waals surface area contributed by atoms with Crippen molar-refractivity contribution in [1.82, 2.24) is 10.2 Å². The largest absolute Gasteiger partial charge is 0.412 e. The third kappa shape index (κ3) is 4.07. The van der Waals surface area contributed by atoms with Crippen LogP contribution in [0.25, 0.3) is 0 Å². The zero-order valence-electron chi connectivity index (χ0n) is 10.9. The summed E-state index contributed by atoms with van der Waals surface area (Å²) >= 11 is 0. The van der Waals surface area contributed by atoms with Crippen LogP contribution in [0.15, 0.2) is 24.3 Å². The fourth-order valence-electron chi connectivity index (χ4n) is 1.42. The van der Waals surface area contributed by atoms with Crippen molar-refractivity contribution >= 4 is 6.09 Å². The first kappa shape index (κ1) is 13.5. The van der Waals surface area contributed by atoms with E-state index in [1.807, 2.05) is 39.2 Å². The van der Waals surface area contributed by atoms with Crippen molar-refractivity contribution in [2.24, 2.45) is 0 Å². The maximum atomic E-state index is 11.3. The number of rotatable bonds is 4.